The minimum Gasteiger partial charge on any atom is -0.495 e. The highest BCUT2D eigenvalue weighted by Gasteiger charge is 2.13. The van der Waals surface area contributed by atoms with Crippen LogP contribution in [0.1, 0.15) is 21.5 Å². The second-order valence-electron chi connectivity index (χ2n) is 9.36. The number of carbonyl (C=O) groups excluding carboxylic acids is 2. The summed E-state index contributed by atoms with van der Waals surface area (Å²) in [7, 11) is 1.49. The van der Waals surface area contributed by atoms with E-state index in [4.69, 9.17) is 4.74 Å². The molecule has 41 heavy (non-hydrogen) atoms. The summed E-state index contributed by atoms with van der Waals surface area (Å²) in [4.78, 5) is 29.1. The smallest absolute Gasteiger partial charge is 0.251 e. The molecule has 3 aromatic carbocycles. The van der Waals surface area contributed by atoms with Crippen molar-refractivity contribution in [3.05, 3.63) is 108 Å². The Kier molecular flexibility index (Phi) is 8.28. The molecule has 0 radical (unpaired) electrons. The molecule has 8 nitrogen and oxygen atoms in total. The molecule has 0 atom stereocenters. The van der Waals surface area contributed by atoms with Crippen molar-refractivity contribution in [1.29, 1.82) is 0 Å². The number of hydrogen-bond acceptors (Lipinski definition) is 6. The summed E-state index contributed by atoms with van der Waals surface area (Å²) in [6.45, 7) is -0.701. The zero-order chi connectivity index (χ0) is 28.8. The standard InChI is InChI=1S/C31H27F2N5O3/c1-41-28-18-23(30(40)34-15-14-32)8-12-27(28)35-31-36-29-13-9-24(19-38(29)37-31)22-6-2-20(3-7-22)16-26(39)17-21-4-10-25(33)11-5-21/h2-13,18-19H,14-17H2,1H3,(H,34,40)(H,35,37). The topological polar surface area (TPSA) is 97.6 Å². The third-order valence-corrected chi connectivity index (χ3v) is 6.42. The predicted molar refractivity (Wildman–Crippen MR) is 152 cm³/mol. The molecule has 0 fully saturated rings. The average molecular weight is 556 g/mol. The van der Waals surface area contributed by atoms with Crippen molar-refractivity contribution >= 4 is 29.0 Å². The number of ether oxygens (including phenoxy) is 1. The summed E-state index contributed by atoms with van der Waals surface area (Å²) in [5.41, 5.74) is 5.09. The minimum absolute atomic E-state index is 0.0553. The Morgan fingerprint density at radius 3 is 2.27 bits per heavy atom. The number of nitrogens with one attached hydrogen (secondary N) is 2. The van der Waals surface area contributed by atoms with E-state index in [-0.39, 0.29) is 24.6 Å². The van der Waals surface area contributed by atoms with Gasteiger partial charge in [0.1, 0.15) is 24.0 Å². The predicted octanol–water partition coefficient (Wildman–Crippen LogP) is 5.34. The Morgan fingerprint density at radius 1 is 0.902 bits per heavy atom. The lowest BCUT2D eigenvalue weighted by atomic mass is 10.0. The maximum atomic E-state index is 13.1. The van der Waals surface area contributed by atoms with Gasteiger partial charge in [0.25, 0.3) is 5.91 Å². The third kappa shape index (κ3) is 6.73. The van der Waals surface area contributed by atoms with E-state index in [0.717, 1.165) is 22.3 Å². The summed E-state index contributed by atoms with van der Waals surface area (Å²) in [6.07, 6.45) is 2.41. The molecule has 0 aliphatic heterocycles. The molecule has 1 amide bonds. The monoisotopic (exact) mass is 555 g/mol. The molecule has 0 aliphatic rings. The van der Waals surface area contributed by atoms with Crippen LogP contribution in [0.4, 0.5) is 20.4 Å². The number of fused-ring (bicyclic) bond motifs is 1. The highest BCUT2D eigenvalue weighted by molar-refractivity contribution is 5.95. The van der Waals surface area contributed by atoms with Crippen LogP contribution in [0.25, 0.3) is 16.8 Å². The first-order valence-corrected chi connectivity index (χ1v) is 12.9. The van der Waals surface area contributed by atoms with Gasteiger partial charge in [-0.05, 0) is 59.2 Å². The molecule has 5 rings (SSSR count). The number of ketones is 1. The van der Waals surface area contributed by atoms with E-state index in [2.05, 4.69) is 20.7 Å². The second-order valence-corrected chi connectivity index (χ2v) is 9.36. The number of benzene rings is 3. The first-order chi connectivity index (χ1) is 19.9. The van der Waals surface area contributed by atoms with Gasteiger partial charge in [-0.3, -0.25) is 9.59 Å². The molecule has 2 N–H and O–H groups in total. The van der Waals surface area contributed by atoms with Gasteiger partial charge in [-0.15, -0.1) is 5.10 Å². The van der Waals surface area contributed by atoms with Crippen LogP contribution in [0, 0.1) is 5.82 Å². The number of aromatic nitrogens is 3. The van der Waals surface area contributed by atoms with E-state index in [1.54, 1.807) is 34.8 Å². The fourth-order valence-corrected chi connectivity index (χ4v) is 4.36. The van der Waals surface area contributed by atoms with Gasteiger partial charge in [0, 0.05) is 36.7 Å². The molecule has 2 heterocycles. The van der Waals surface area contributed by atoms with Crippen LogP contribution in [-0.4, -0.2) is 46.6 Å². The van der Waals surface area contributed by atoms with Crippen molar-refractivity contribution < 1.29 is 23.1 Å². The fourth-order valence-electron chi connectivity index (χ4n) is 4.36. The van der Waals surface area contributed by atoms with Gasteiger partial charge in [-0.25, -0.2) is 13.3 Å². The summed E-state index contributed by atoms with van der Waals surface area (Å²) < 4.78 is 32.5. The largest absolute Gasteiger partial charge is 0.495 e. The highest BCUT2D eigenvalue weighted by Crippen LogP contribution is 2.28. The Morgan fingerprint density at radius 2 is 1.59 bits per heavy atom. The number of pyridine rings is 1. The summed E-state index contributed by atoms with van der Waals surface area (Å²) in [5.74, 6) is 0.0903. The number of carbonyl (C=O) groups is 2. The molecule has 10 heteroatoms. The summed E-state index contributed by atoms with van der Waals surface area (Å²) in [6, 6.07) is 22.3. The molecule has 0 bridgehead atoms. The molecule has 2 aromatic heterocycles. The van der Waals surface area contributed by atoms with Crippen LogP contribution >= 0.6 is 0 Å². The number of alkyl halides is 1. The van der Waals surface area contributed by atoms with Gasteiger partial charge in [-0.2, -0.15) is 4.98 Å². The Balaban J connectivity index is 1.26. The number of amides is 1. The lowest BCUT2D eigenvalue weighted by Gasteiger charge is -2.10. The van der Waals surface area contributed by atoms with Crippen molar-refractivity contribution in [1.82, 2.24) is 19.9 Å². The SMILES string of the molecule is COc1cc(C(=O)NCCF)ccc1Nc1nc2ccc(-c3ccc(CC(=O)Cc4ccc(F)cc4)cc3)cn2n1. The van der Waals surface area contributed by atoms with E-state index < -0.39 is 12.6 Å². The zero-order valence-corrected chi connectivity index (χ0v) is 22.2. The quantitative estimate of drug-likeness (QED) is 0.228. The number of nitrogens with zero attached hydrogens (tertiary/aromatic N) is 3. The van der Waals surface area contributed by atoms with Gasteiger partial charge in [-0.1, -0.05) is 36.4 Å². The van der Waals surface area contributed by atoms with Crippen LogP contribution in [0.15, 0.2) is 85.1 Å². The van der Waals surface area contributed by atoms with E-state index in [1.165, 1.54) is 19.2 Å². The molecule has 0 saturated carbocycles. The zero-order valence-electron chi connectivity index (χ0n) is 22.2. The van der Waals surface area contributed by atoms with Gasteiger partial charge >= 0.3 is 0 Å². The van der Waals surface area contributed by atoms with E-state index in [1.807, 2.05) is 42.6 Å². The normalized spacial score (nSPS) is 10.9. The number of rotatable bonds is 11. The average Bonchev–Trinajstić information content (AvgIpc) is 3.39. The van der Waals surface area contributed by atoms with Gasteiger partial charge < -0.3 is 15.4 Å². The van der Waals surface area contributed by atoms with Gasteiger partial charge in [0.2, 0.25) is 5.95 Å². The fraction of sp³-hybridized carbons (Fsp3) is 0.161. The molecular formula is C31H27F2N5O3. The lowest BCUT2D eigenvalue weighted by molar-refractivity contribution is -0.117. The molecular weight excluding hydrogens is 528 g/mol. The van der Waals surface area contributed by atoms with Crippen molar-refractivity contribution in [3.63, 3.8) is 0 Å². The lowest BCUT2D eigenvalue weighted by Crippen LogP contribution is -2.25. The second kappa shape index (κ2) is 12.4. The summed E-state index contributed by atoms with van der Waals surface area (Å²) >= 11 is 0. The summed E-state index contributed by atoms with van der Waals surface area (Å²) in [5, 5.41) is 10.1. The van der Waals surface area contributed by atoms with Crippen molar-refractivity contribution in [3.8, 4) is 16.9 Å². The van der Waals surface area contributed by atoms with Crippen LogP contribution in [-0.2, 0) is 17.6 Å². The molecule has 0 spiro atoms. The maximum absolute atomic E-state index is 13.1. The van der Waals surface area contributed by atoms with E-state index >= 15 is 0 Å². The van der Waals surface area contributed by atoms with Crippen molar-refractivity contribution in [2.75, 3.05) is 25.6 Å². The van der Waals surface area contributed by atoms with Crippen molar-refractivity contribution in [2.45, 2.75) is 12.8 Å². The molecule has 0 aliphatic carbocycles. The van der Waals surface area contributed by atoms with Crippen LogP contribution in [0.3, 0.4) is 0 Å². The number of anilines is 2. The maximum Gasteiger partial charge on any atom is 0.251 e. The number of halogens is 2. The molecule has 5 aromatic rings. The number of Topliss-reactive ketones (excluding diaryl/α,β-unsaturated/α-hetero) is 1. The van der Waals surface area contributed by atoms with Gasteiger partial charge in [0.15, 0.2) is 5.65 Å². The van der Waals surface area contributed by atoms with Crippen molar-refractivity contribution in [2.24, 2.45) is 0 Å². The highest BCUT2D eigenvalue weighted by atomic mass is 19.1. The van der Waals surface area contributed by atoms with E-state index in [9.17, 15) is 18.4 Å². The van der Waals surface area contributed by atoms with Crippen LogP contribution < -0.4 is 15.4 Å². The molecule has 0 unspecified atom stereocenters. The Bertz CT molecular complexity index is 1690. The van der Waals surface area contributed by atoms with Gasteiger partial charge in [0.05, 0.1) is 12.8 Å². The molecule has 0 saturated heterocycles. The van der Waals surface area contributed by atoms with Crippen LogP contribution in [0.5, 0.6) is 5.75 Å². The molecule has 208 valence electrons. The number of hydrogen-bond donors (Lipinski definition) is 2. The minimum atomic E-state index is -0.643. The first-order valence-electron chi connectivity index (χ1n) is 12.9. The Labute approximate surface area is 235 Å². The van der Waals surface area contributed by atoms with E-state index in [0.29, 0.717) is 35.0 Å². The Hall–Kier alpha value is -5.12. The number of methoxy groups -OCH3 is 1. The van der Waals surface area contributed by atoms with Crippen LogP contribution in [0.2, 0.25) is 0 Å². The first kappa shape index (κ1) is 27.4. The third-order valence-electron chi connectivity index (χ3n) is 6.42.